The lowest BCUT2D eigenvalue weighted by Gasteiger charge is -2.31. The third-order valence-corrected chi connectivity index (χ3v) is 15.9. The number of ether oxygens (including phenoxy) is 1. The van der Waals surface area contributed by atoms with Gasteiger partial charge in [-0.3, -0.25) is 28.8 Å². The molecule has 0 amide bonds. The molecule has 6 rings (SSSR count). The van der Waals surface area contributed by atoms with E-state index in [2.05, 4.69) is 0 Å². The Morgan fingerprint density at radius 1 is 0.248 bits per heavy atom. The molecule has 25 heteroatoms. The van der Waals surface area contributed by atoms with Crippen LogP contribution in [0.4, 0.5) is 0 Å². The van der Waals surface area contributed by atoms with Gasteiger partial charge < -0.3 is 96.7 Å². The molecule has 0 bridgehead atoms. The highest BCUT2D eigenvalue weighted by atomic mass is 16.5. The predicted molar refractivity (Wildman–Crippen MR) is 379 cm³/mol. The first-order valence-corrected chi connectivity index (χ1v) is 32.4. The van der Waals surface area contributed by atoms with E-state index in [9.17, 15) is 59.4 Å². The molecule has 0 aliphatic heterocycles. The number of hydrogen-bond donors (Lipinski definition) is 18. The fourth-order valence-electron chi connectivity index (χ4n) is 9.71. The minimum Gasteiger partial charge on any atom is -0.507 e. The van der Waals surface area contributed by atoms with E-state index in [4.69, 9.17) is 66.0 Å². The molecule has 0 unspecified atom stereocenters. The second kappa shape index (κ2) is 46.2. The molecule has 0 saturated heterocycles. The Balaban J connectivity index is 0.00000116. The zero-order valence-electron chi connectivity index (χ0n) is 60.0. The molecule has 101 heavy (non-hydrogen) atoms. The summed E-state index contributed by atoms with van der Waals surface area (Å²) < 4.78 is 5.15. The van der Waals surface area contributed by atoms with E-state index in [1.54, 1.807) is 0 Å². The van der Waals surface area contributed by atoms with E-state index < -0.39 is 86.3 Å². The summed E-state index contributed by atoms with van der Waals surface area (Å²) in [5.74, 6) is -3.01. The summed E-state index contributed by atoms with van der Waals surface area (Å²) in [6.07, 6.45) is 3.84. The van der Waals surface area contributed by atoms with E-state index in [1.165, 1.54) is 0 Å². The molecule has 18 N–H and O–H groups in total. The average molecular weight is 1420 g/mol. The number of hydrogen-bond acceptors (Lipinski definition) is 19. The molecule has 6 aromatic carbocycles. The van der Waals surface area contributed by atoms with E-state index in [1.807, 2.05) is 156 Å². The Bertz CT molecular complexity index is 2910. The second-order valence-electron chi connectivity index (χ2n) is 25.3. The summed E-state index contributed by atoms with van der Waals surface area (Å²) in [6, 6.07) is 21.9. The van der Waals surface area contributed by atoms with Crippen molar-refractivity contribution in [3.8, 4) is 34.5 Å². The maximum atomic E-state index is 10.4. The molecule has 25 nitrogen and oxygen atoms in total. The minimum atomic E-state index is -1.16. The quantitative estimate of drug-likeness (QED) is 0.0218. The van der Waals surface area contributed by atoms with Gasteiger partial charge in [0.25, 0.3) is 0 Å². The van der Waals surface area contributed by atoms with Crippen LogP contribution in [0.5, 0.6) is 34.5 Å². The van der Waals surface area contributed by atoms with Crippen LogP contribution in [0.2, 0.25) is 0 Å². The average Bonchev–Trinajstić information content (AvgIpc) is 0.900. The fraction of sp³-hybridized carbons (Fsp3) is 0.447. The van der Waals surface area contributed by atoms with Crippen molar-refractivity contribution in [2.75, 3.05) is 52.9 Å². The number of aliphatic hydroxyl groups is 6. The normalized spacial score (nSPS) is 10.6. The van der Waals surface area contributed by atoms with Crippen molar-refractivity contribution < 1.29 is 125 Å². The van der Waals surface area contributed by atoms with Gasteiger partial charge in [-0.05, 0) is 222 Å². The van der Waals surface area contributed by atoms with Crippen LogP contribution in [0.25, 0.3) is 0 Å². The number of aliphatic hydroxyl groups excluding tert-OH is 6. The van der Waals surface area contributed by atoms with Crippen LogP contribution in [-0.4, -0.2) is 181 Å². The van der Waals surface area contributed by atoms with Crippen molar-refractivity contribution in [3.63, 3.8) is 0 Å². The number of carbonyl (C=O) groups is 6. The highest BCUT2D eigenvalue weighted by Crippen LogP contribution is 2.29. The molecule has 0 radical (unpaired) electrons. The van der Waals surface area contributed by atoms with Crippen molar-refractivity contribution in [1.29, 1.82) is 0 Å². The number of aryl methyl sites for hydroxylation is 18. The number of phenols is 6. The molecule has 0 fully saturated rings. The lowest BCUT2D eigenvalue weighted by atomic mass is 9.91. The SMILES string of the molecule is Cc1cc(CCC(=O)O)cc(C)c1O.Cc1cc(CCC(=O)O)cc(C)c1O.Cc1cc(CCC(=O)O)cc(C)c1O.Cc1cc(CCC(=O)O)cc(C)c1O.Cc1cc(CCC(=O)O)cc(C)c1O.Cc1cc(CCC(=O)O)cc(C)c1O.OCC(CO)(CO)COCC(CO)(CO)CO. The van der Waals surface area contributed by atoms with Crippen LogP contribution in [0.1, 0.15) is 139 Å². The number of phenolic OH excluding ortho intramolecular Hbond substituents is 6. The largest absolute Gasteiger partial charge is 0.507 e. The molecular formula is C76H106O25. The molecule has 0 atom stereocenters. The fourth-order valence-corrected chi connectivity index (χ4v) is 9.71. The maximum Gasteiger partial charge on any atom is 0.303 e. The standard InChI is InChI=1S/6C11H14O3.C10H22O7/c6*1-7-5-9(3-4-10(12)13)6-8(2)11(7)14;11-1-9(2-12,3-13)7-17-8-10(4-14,5-15)6-16/h6*5-6,14H,3-4H2,1-2H3,(H,12,13);11-16H,1-8H2. The summed E-state index contributed by atoms with van der Waals surface area (Å²) in [7, 11) is 0. The number of carboxylic acids is 6. The van der Waals surface area contributed by atoms with Gasteiger partial charge in [0.05, 0.1) is 63.7 Å². The van der Waals surface area contributed by atoms with Crippen molar-refractivity contribution >= 4 is 35.8 Å². The van der Waals surface area contributed by atoms with Crippen LogP contribution in [0.3, 0.4) is 0 Å². The zero-order chi connectivity index (χ0) is 77.7. The van der Waals surface area contributed by atoms with Crippen molar-refractivity contribution in [2.45, 2.75) is 160 Å². The summed E-state index contributed by atoms with van der Waals surface area (Å²) in [5.41, 5.74) is 13.0. The summed E-state index contributed by atoms with van der Waals surface area (Å²) in [4.78, 5) is 62.2. The zero-order valence-corrected chi connectivity index (χ0v) is 60.0. The van der Waals surface area contributed by atoms with Gasteiger partial charge in [-0.15, -0.1) is 0 Å². The van der Waals surface area contributed by atoms with Gasteiger partial charge in [-0.1, -0.05) is 72.8 Å². The van der Waals surface area contributed by atoms with Crippen molar-refractivity contribution in [2.24, 2.45) is 10.8 Å². The molecule has 0 spiro atoms. The lowest BCUT2D eigenvalue weighted by Crippen LogP contribution is -2.43. The van der Waals surface area contributed by atoms with Gasteiger partial charge in [0.2, 0.25) is 0 Å². The van der Waals surface area contributed by atoms with Gasteiger partial charge in [0, 0.05) is 38.5 Å². The Hall–Kier alpha value is -9.34. The highest BCUT2D eigenvalue weighted by molar-refractivity contribution is 5.69. The van der Waals surface area contributed by atoms with E-state index >= 15 is 0 Å². The molecule has 0 saturated carbocycles. The smallest absolute Gasteiger partial charge is 0.303 e. The number of aromatic hydroxyl groups is 6. The molecule has 0 aromatic heterocycles. The Morgan fingerprint density at radius 3 is 0.446 bits per heavy atom. The molecule has 6 aromatic rings. The van der Waals surface area contributed by atoms with Gasteiger partial charge >= 0.3 is 35.8 Å². The van der Waals surface area contributed by atoms with Gasteiger partial charge in [0.15, 0.2) is 0 Å². The number of rotatable bonds is 28. The molecule has 0 aliphatic rings. The third-order valence-electron chi connectivity index (χ3n) is 15.9. The first-order valence-electron chi connectivity index (χ1n) is 32.4. The van der Waals surface area contributed by atoms with Gasteiger partial charge in [0.1, 0.15) is 34.5 Å². The number of carboxylic acid groups (broad SMARTS) is 6. The molecular weight excluding hydrogens is 1310 g/mol. The first-order chi connectivity index (χ1) is 47.1. The molecule has 560 valence electrons. The topological polar surface area (TPSA) is 476 Å². The number of aliphatic carboxylic acids is 6. The van der Waals surface area contributed by atoms with Crippen LogP contribution < -0.4 is 0 Å². The van der Waals surface area contributed by atoms with Crippen LogP contribution >= 0.6 is 0 Å². The molecule has 0 heterocycles. The van der Waals surface area contributed by atoms with Crippen molar-refractivity contribution in [1.82, 2.24) is 0 Å². The summed E-state index contributed by atoms with van der Waals surface area (Å²) in [5, 5.41) is 162. The predicted octanol–water partition coefficient (Wildman–Crippen LogP) is 9.09. The monoisotopic (exact) mass is 1420 g/mol. The van der Waals surface area contributed by atoms with E-state index in [0.717, 1.165) is 100 Å². The lowest BCUT2D eigenvalue weighted by molar-refractivity contribution is -0.138. The Morgan fingerprint density at radius 2 is 0.356 bits per heavy atom. The second-order valence-corrected chi connectivity index (χ2v) is 25.3. The highest BCUT2D eigenvalue weighted by Gasteiger charge is 2.33. The Labute approximate surface area is 590 Å². The van der Waals surface area contributed by atoms with Crippen molar-refractivity contribution in [3.05, 3.63) is 173 Å². The van der Waals surface area contributed by atoms with E-state index in [0.29, 0.717) is 73.0 Å². The maximum absolute atomic E-state index is 10.4. The third kappa shape index (κ3) is 35.0. The van der Waals surface area contributed by atoms with Gasteiger partial charge in [-0.2, -0.15) is 0 Å². The van der Waals surface area contributed by atoms with Gasteiger partial charge in [-0.25, -0.2) is 0 Å². The summed E-state index contributed by atoms with van der Waals surface area (Å²) in [6.45, 7) is 18.7. The van der Waals surface area contributed by atoms with Crippen LogP contribution in [-0.2, 0) is 72.0 Å². The van der Waals surface area contributed by atoms with Crippen LogP contribution in [0.15, 0.2) is 72.8 Å². The Kier molecular flexibility index (Phi) is 41.9. The first kappa shape index (κ1) is 91.7. The summed E-state index contributed by atoms with van der Waals surface area (Å²) >= 11 is 0. The van der Waals surface area contributed by atoms with E-state index in [-0.39, 0.29) is 51.7 Å². The number of benzene rings is 6. The minimum absolute atomic E-state index is 0.129. The molecule has 0 aliphatic carbocycles. The van der Waals surface area contributed by atoms with Crippen LogP contribution in [0, 0.1) is 93.9 Å².